The maximum Gasteiger partial charge on any atom is 0.130 e. The van der Waals surface area contributed by atoms with Gasteiger partial charge >= 0.3 is 0 Å². The van der Waals surface area contributed by atoms with Crippen molar-refractivity contribution in [3.05, 3.63) is 23.8 Å². The zero-order chi connectivity index (χ0) is 11.7. The van der Waals surface area contributed by atoms with Gasteiger partial charge in [-0.3, -0.25) is 0 Å². The molecule has 0 bridgehead atoms. The molecule has 0 rings (SSSR count). The maximum atomic E-state index is 10.9. The molecule has 1 heteroatoms. The Labute approximate surface area is 94.3 Å². The molecular formula is C14H24O. The van der Waals surface area contributed by atoms with Gasteiger partial charge in [0.1, 0.15) is 5.78 Å². The van der Waals surface area contributed by atoms with E-state index in [4.69, 9.17) is 0 Å². The van der Waals surface area contributed by atoms with Gasteiger partial charge in [-0.1, -0.05) is 38.0 Å². The normalized spacial score (nSPS) is 11.5. The quantitative estimate of drug-likeness (QED) is 0.426. The molecule has 0 spiro atoms. The van der Waals surface area contributed by atoms with Crippen LogP contribution >= 0.6 is 0 Å². The molecule has 0 aromatic heterocycles. The van der Waals surface area contributed by atoms with Crippen LogP contribution in [-0.4, -0.2) is 5.78 Å². The number of unbranched alkanes of at least 4 members (excludes halogenated alkanes) is 2. The first-order valence-electron chi connectivity index (χ1n) is 5.94. The SMILES string of the molecule is C=C(CCCCC)/C(=C\C)CCC(C)=O. The fraction of sp³-hybridized carbons (Fsp3) is 0.643. The molecule has 0 N–H and O–H groups in total. The van der Waals surface area contributed by atoms with Crippen molar-refractivity contribution >= 4 is 5.78 Å². The number of carbonyl (C=O) groups is 1. The van der Waals surface area contributed by atoms with Crippen LogP contribution in [0.2, 0.25) is 0 Å². The van der Waals surface area contributed by atoms with Crippen LogP contribution in [0, 0.1) is 0 Å². The fourth-order valence-electron chi connectivity index (χ4n) is 1.58. The van der Waals surface area contributed by atoms with Crippen LogP contribution < -0.4 is 0 Å². The molecule has 0 aliphatic rings. The molecule has 0 unspecified atom stereocenters. The van der Waals surface area contributed by atoms with Gasteiger partial charge in [-0.15, -0.1) is 0 Å². The zero-order valence-electron chi connectivity index (χ0n) is 10.4. The summed E-state index contributed by atoms with van der Waals surface area (Å²) in [7, 11) is 0. The molecule has 0 saturated carbocycles. The van der Waals surface area contributed by atoms with Crippen LogP contribution in [0.4, 0.5) is 0 Å². The van der Waals surface area contributed by atoms with Crippen LogP contribution in [0.1, 0.15) is 59.3 Å². The largest absolute Gasteiger partial charge is 0.300 e. The van der Waals surface area contributed by atoms with E-state index in [0.717, 1.165) is 12.8 Å². The van der Waals surface area contributed by atoms with Crippen molar-refractivity contribution < 1.29 is 4.79 Å². The lowest BCUT2D eigenvalue weighted by molar-refractivity contribution is -0.116. The average Bonchev–Trinajstić information content (AvgIpc) is 2.18. The number of hydrogen-bond donors (Lipinski definition) is 0. The summed E-state index contributed by atoms with van der Waals surface area (Å²) in [5.74, 6) is 0.260. The Balaban J connectivity index is 3.95. The van der Waals surface area contributed by atoms with E-state index in [-0.39, 0.29) is 5.78 Å². The first kappa shape index (κ1) is 14.2. The summed E-state index contributed by atoms with van der Waals surface area (Å²) < 4.78 is 0. The van der Waals surface area contributed by atoms with Gasteiger partial charge in [0.2, 0.25) is 0 Å². The minimum atomic E-state index is 0.260. The first-order valence-corrected chi connectivity index (χ1v) is 5.94. The molecule has 0 radical (unpaired) electrons. The van der Waals surface area contributed by atoms with Crippen molar-refractivity contribution in [3.8, 4) is 0 Å². The van der Waals surface area contributed by atoms with E-state index >= 15 is 0 Å². The molecule has 0 fully saturated rings. The highest BCUT2D eigenvalue weighted by atomic mass is 16.1. The molecule has 0 aliphatic heterocycles. The van der Waals surface area contributed by atoms with Gasteiger partial charge in [0.25, 0.3) is 0 Å². The van der Waals surface area contributed by atoms with Gasteiger partial charge in [-0.2, -0.15) is 0 Å². The minimum absolute atomic E-state index is 0.260. The van der Waals surface area contributed by atoms with Crippen LogP contribution in [0.15, 0.2) is 23.8 Å². The van der Waals surface area contributed by atoms with E-state index < -0.39 is 0 Å². The second-order valence-corrected chi connectivity index (χ2v) is 4.08. The summed E-state index contributed by atoms with van der Waals surface area (Å²) in [6.45, 7) is 9.97. The zero-order valence-corrected chi connectivity index (χ0v) is 10.4. The van der Waals surface area contributed by atoms with Crippen LogP contribution in [0.25, 0.3) is 0 Å². The lowest BCUT2D eigenvalue weighted by atomic mass is 9.96. The highest BCUT2D eigenvalue weighted by Gasteiger charge is 2.03. The molecule has 0 amide bonds. The minimum Gasteiger partial charge on any atom is -0.300 e. The van der Waals surface area contributed by atoms with E-state index in [1.807, 2.05) is 6.92 Å². The Kier molecular flexibility index (Phi) is 7.98. The number of allylic oxidation sites excluding steroid dienone is 3. The Morgan fingerprint density at radius 3 is 2.33 bits per heavy atom. The molecule has 0 saturated heterocycles. The summed E-state index contributed by atoms with van der Waals surface area (Å²) >= 11 is 0. The van der Waals surface area contributed by atoms with E-state index in [9.17, 15) is 4.79 Å². The molecule has 0 aromatic carbocycles. The number of hydrogen-bond acceptors (Lipinski definition) is 1. The first-order chi connectivity index (χ1) is 7.11. The van der Waals surface area contributed by atoms with Gasteiger partial charge in [-0.05, 0) is 38.7 Å². The maximum absolute atomic E-state index is 10.9. The molecule has 0 aromatic rings. The predicted molar refractivity (Wildman–Crippen MR) is 67.0 cm³/mol. The van der Waals surface area contributed by atoms with E-state index in [1.54, 1.807) is 6.92 Å². The third-order valence-corrected chi connectivity index (χ3v) is 2.63. The van der Waals surface area contributed by atoms with Crippen molar-refractivity contribution in [1.82, 2.24) is 0 Å². The van der Waals surface area contributed by atoms with E-state index in [2.05, 4.69) is 19.6 Å². The smallest absolute Gasteiger partial charge is 0.130 e. The van der Waals surface area contributed by atoms with Gasteiger partial charge in [-0.25, -0.2) is 0 Å². The number of ketones is 1. The average molecular weight is 208 g/mol. The molecule has 0 aliphatic carbocycles. The summed E-state index contributed by atoms with van der Waals surface area (Å²) in [6, 6.07) is 0. The van der Waals surface area contributed by atoms with Crippen molar-refractivity contribution in [2.24, 2.45) is 0 Å². The number of Topliss-reactive ketones (excluding diaryl/α,β-unsaturated/α-hetero) is 1. The Morgan fingerprint density at radius 2 is 1.87 bits per heavy atom. The van der Waals surface area contributed by atoms with Crippen LogP contribution in [-0.2, 0) is 4.79 Å². The molecule has 0 heterocycles. The number of carbonyl (C=O) groups excluding carboxylic acids is 1. The highest BCUT2D eigenvalue weighted by Crippen LogP contribution is 2.20. The summed E-state index contributed by atoms with van der Waals surface area (Å²) in [5, 5.41) is 0. The van der Waals surface area contributed by atoms with Crippen molar-refractivity contribution in [2.75, 3.05) is 0 Å². The van der Waals surface area contributed by atoms with E-state index in [0.29, 0.717) is 6.42 Å². The third kappa shape index (κ3) is 7.12. The second-order valence-electron chi connectivity index (χ2n) is 4.08. The topological polar surface area (TPSA) is 17.1 Å². The van der Waals surface area contributed by atoms with Crippen molar-refractivity contribution in [1.29, 1.82) is 0 Å². The summed E-state index contributed by atoms with van der Waals surface area (Å²) in [6.07, 6.45) is 8.40. The molecule has 1 nitrogen and oxygen atoms in total. The van der Waals surface area contributed by atoms with Gasteiger partial charge < -0.3 is 4.79 Å². The standard InChI is InChI=1S/C14H24O/c1-5-7-8-9-12(3)14(6-2)11-10-13(4)15/h6H,3,5,7-11H2,1-2,4H3/b14-6-. The van der Waals surface area contributed by atoms with Gasteiger partial charge in [0.15, 0.2) is 0 Å². The Hall–Kier alpha value is -0.850. The Morgan fingerprint density at radius 1 is 1.20 bits per heavy atom. The van der Waals surface area contributed by atoms with Crippen molar-refractivity contribution in [3.63, 3.8) is 0 Å². The number of rotatable bonds is 8. The molecular weight excluding hydrogens is 184 g/mol. The van der Waals surface area contributed by atoms with Crippen LogP contribution in [0.5, 0.6) is 0 Å². The molecule has 15 heavy (non-hydrogen) atoms. The van der Waals surface area contributed by atoms with Gasteiger partial charge in [0.05, 0.1) is 0 Å². The monoisotopic (exact) mass is 208 g/mol. The lowest BCUT2D eigenvalue weighted by Crippen LogP contribution is -1.95. The van der Waals surface area contributed by atoms with Crippen LogP contribution in [0.3, 0.4) is 0 Å². The highest BCUT2D eigenvalue weighted by molar-refractivity contribution is 5.75. The van der Waals surface area contributed by atoms with E-state index in [1.165, 1.54) is 30.4 Å². The lowest BCUT2D eigenvalue weighted by Gasteiger charge is -2.09. The van der Waals surface area contributed by atoms with Gasteiger partial charge in [0, 0.05) is 6.42 Å². The fourth-order valence-corrected chi connectivity index (χ4v) is 1.58. The molecule has 0 atom stereocenters. The second kappa shape index (κ2) is 8.46. The summed E-state index contributed by atoms with van der Waals surface area (Å²) in [4.78, 5) is 10.9. The third-order valence-electron chi connectivity index (χ3n) is 2.63. The Bertz CT molecular complexity index is 236. The summed E-state index contributed by atoms with van der Waals surface area (Å²) in [5.41, 5.74) is 2.48. The predicted octanol–water partition coefficient (Wildman–Crippen LogP) is 4.44. The van der Waals surface area contributed by atoms with Crippen molar-refractivity contribution in [2.45, 2.75) is 59.3 Å². The molecule has 86 valence electrons.